The van der Waals surface area contributed by atoms with Crippen molar-refractivity contribution in [3.63, 3.8) is 0 Å². The van der Waals surface area contributed by atoms with Gasteiger partial charge in [0.25, 0.3) is 0 Å². The zero-order valence-electron chi connectivity index (χ0n) is 14.7. The molecule has 3 N–H and O–H groups in total. The maximum Gasteiger partial charge on any atom is 0.221 e. The van der Waals surface area contributed by atoms with E-state index in [9.17, 15) is 4.79 Å². The number of carbonyl (C=O) groups excluding carboxylic acids is 1. The Morgan fingerprint density at radius 2 is 2.00 bits per heavy atom. The molecule has 0 atom stereocenters. The summed E-state index contributed by atoms with van der Waals surface area (Å²) in [6.07, 6.45) is 2.63. The molecule has 25 heavy (non-hydrogen) atoms. The highest BCUT2D eigenvalue weighted by atomic mass is 35.5. The lowest BCUT2D eigenvalue weighted by atomic mass is 9.81. The summed E-state index contributed by atoms with van der Waals surface area (Å²) in [5.41, 5.74) is 1.02. The van der Waals surface area contributed by atoms with E-state index in [1.165, 1.54) is 0 Å². The lowest BCUT2D eigenvalue weighted by Gasteiger charge is -2.34. The van der Waals surface area contributed by atoms with E-state index < -0.39 is 0 Å². The van der Waals surface area contributed by atoms with E-state index in [2.05, 4.69) is 22.9 Å². The Hall–Kier alpha value is -0.880. The first-order valence-corrected chi connectivity index (χ1v) is 8.45. The third-order valence-corrected chi connectivity index (χ3v) is 4.59. The van der Waals surface area contributed by atoms with Crippen molar-refractivity contribution in [1.29, 1.82) is 0 Å². The second-order valence-corrected chi connectivity index (χ2v) is 6.80. The van der Waals surface area contributed by atoms with Crippen LogP contribution in [0, 0.1) is 5.41 Å². The van der Waals surface area contributed by atoms with Gasteiger partial charge in [0.05, 0.1) is 12.8 Å². The van der Waals surface area contributed by atoms with Gasteiger partial charge < -0.3 is 20.7 Å². The predicted octanol–water partition coefficient (Wildman–Crippen LogP) is 3.50. The first-order chi connectivity index (χ1) is 11.0. The van der Waals surface area contributed by atoms with Crippen LogP contribution in [-0.2, 0) is 4.79 Å². The van der Waals surface area contributed by atoms with Crippen LogP contribution in [0.1, 0.15) is 26.2 Å². The molecular weight excluding hydrogens is 385 g/mol. The Bertz CT molecular complexity index is 538. The molecular formula is C17H28Cl3N3O2. The molecule has 0 saturated carbocycles. The van der Waals surface area contributed by atoms with Gasteiger partial charge in [0.15, 0.2) is 0 Å². The van der Waals surface area contributed by atoms with E-state index in [1.807, 2.05) is 6.07 Å². The third kappa shape index (κ3) is 7.90. The highest BCUT2D eigenvalue weighted by Gasteiger charge is 2.26. The molecule has 1 aliphatic heterocycles. The standard InChI is InChI=1S/C17H26ClN3O2.2ClH/c1-17(6-9-19-10-7-17)12-21-16(22)5-8-20-14-11-13(18)3-4-15(14)23-2;;/h3-4,11,19-20H,5-10,12H2,1-2H3,(H,21,22);2*1H. The zero-order valence-corrected chi connectivity index (χ0v) is 17.1. The van der Waals surface area contributed by atoms with Crippen LogP contribution in [0.5, 0.6) is 5.75 Å². The van der Waals surface area contributed by atoms with Gasteiger partial charge in [-0.2, -0.15) is 0 Å². The fraction of sp³-hybridized carbons (Fsp3) is 0.588. The number of methoxy groups -OCH3 is 1. The van der Waals surface area contributed by atoms with Gasteiger partial charge in [-0.15, -0.1) is 24.8 Å². The number of halogens is 3. The number of carbonyl (C=O) groups is 1. The molecule has 0 aliphatic carbocycles. The third-order valence-electron chi connectivity index (χ3n) is 4.35. The van der Waals surface area contributed by atoms with Crippen molar-refractivity contribution in [3.8, 4) is 5.75 Å². The second kappa shape index (κ2) is 11.7. The Kier molecular flexibility index (Phi) is 11.3. The van der Waals surface area contributed by atoms with Gasteiger partial charge in [-0.05, 0) is 49.5 Å². The Morgan fingerprint density at radius 1 is 1.32 bits per heavy atom. The van der Waals surface area contributed by atoms with Crippen LogP contribution in [0.15, 0.2) is 18.2 Å². The molecule has 0 bridgehead atoms. The summed E-state index contributed by atoms with van der Waals surface area (Å²) in [5.74, 6) is 0.787. The largest absolute Gasteiger partial charge is 0.495 e. The van der Waals surface area contributed by atoms with Crippen LogP contribution in [0.25, 0.3) is 0 Å². The molecule has 1 fully saturated rings. The number of rotatable bonds is 7. The highest BCUT2D eigenvalue weighted by molar-refractivity contribution is 6.30. The van der Waals surface area contributed by atoms with E-state index in [1.54, 1.807) is 19.2 Å². The van der Waals surface area contributed by atoms with Crippen molar-refractivity contribution < 1.29 is 9.53 Å². The summed E-state index contributed by atoms with van der Waals surface area (Å²) in [5, 5.41) is 10.2. The topological polar surface area (TPSA) is 62.4 Å². The number of amides is 1. The summed E-state index contributed by atoms with van der Waals surface area (Å²) in [6, 6.07) is 5.38. The molecule has 0 radical (unpaired) electrons. The first kappa shape index (κ1) is 24.1. The average molecular weight is 413 g/mol. The minimum atomic E-state index is 0. The number of anilines is 1. The molecule has 0 unspecified atom stereocenters. The number of nitrogens with one attached hydrogen (secondary N) is 3. The van der Waals surface area contributed by atoms with Crippen LogP contribution in [0.4, 0.5) is 5.69 Å². The normalized spacial score (nSPS) is 15.3. The fourth-order valence-corrected chi connectivity index (χ4v) is 2.91. The minimum absolute atomic E-state index is 0. The summed E-state index contributed by atoms with van der Waals surface area (Å²) >= 11 is 5.99. The van der Waals surface area contributed by atoms with Crippen LogP contribution in [0.3, 0.4) is 0 Å². The van der Waals surface area contributed by atoms with Crippen LogP contribution < -0.4 is 20.7 Å². The monoisotopic (exact) mass is 411 g/mol. The first-order valence-electron chi connectivity index (χ1n) is 8.07. The smallest absolute Gasteiger partial charge is 0.221 e. The second-order valence-electron chi connectivity index (χ2n) is 6.36. The van der Waals surface area contributed by atoms with Crippen molar-refractivity contribution in [2.45, 2.75) is 26.2 Å². The van der Waals surface area contributed by atoms with Crippen LogP contribution >= 0.6 is 36.4 Å². The fourth-order valence-electron chi connectivity index (χ4n) is 2.74. The Labute approximate surface area is 167 Å². The lowest BCUT2D eigenvalue weighted by molar-refractivity contribution is -0.121. The molecule has 144 valence electrons. The summed E-state index contributed by atoms with van der Waals surface area (Å²) in [4.78, 5) is 12.0. The maximum atomic E-state index is 12.0. The number of piperidine rings is 1. The maximum absolute atomic E-state index is 12.0. The van der Waals surface area contributed by atoms with Gasteiger partial charge in [-0.1, -0.05) is 18.5 Å². The van der Waals surface area contributed by atoms with E-state index in [4.69, 9.17) is 16.3 Å². The average Bonchev–Trinajstić information content (AvgIpc) is 2.54. The van der Waals surface area contributed by atoms with Gasteiger partial charge in [-0.3, -0.25) is 4.79 Å². The summed E-state index contributed by atoms with van der Waals surface area (Å²) < 4.78 is 5.27. The Morgan fingerprint density at radius 3 is 2.64 bits per heavy atom. The lowest BCUT2D eigenvalue weighted by Crippen LogP contribution is -2.43. The molecule has 2 rings (SSSR count). The SMILES string of the molecule is COc1ccc(Cl)cc1NCCC(=O)NCC1(C)CCNCC1.Cl.Cl. The minimum Gasteiger partial charge on any atom is -0.495 e. The molecule has 1 amide bonds. The quantitative estimate of drug-likeness (QED) is 0.641. The molecule has 0 aromatic heterocycles. The van der Waals surface area contributed by atoms with Gasteiger partial charge in [-0.25, -0.2) is 0 Å². The van der Waals surface area contributed by atoms with Gasteiger partial charge in [0, 0.05) is 24.5 Å². The Balaban J connectivity index is 0.00000288. The molecule has 1 aliphatic rings. The van der Waals surface area contributed by atoms with Crippen molar-refractivity contribution in [1.82, 2.24) is 10.6 Å². The molecule has 0 spiro atoms. The summed E-state index contributed by atoms with van der Waals surface area (Å²) in [7, 11) is 1.61. The summed E-state index contributed by atoms with van der Waals surface area (Å²) in [6.45, 7) is 5.59. The van der Waals surface area contributed by atoms with Gasteiger partial charge in [0.2, 0.25) is 5.91 Å². The molecule has 1 heterocycles. The van der Waals surface area contributed by atoms with Crippen LogP contribution in [0.2, 0.25) is 5.02 Å². The van der Waals surface area contributed by atoms with Crippen molar-refractivity contribution in [3.05, 3.63) is 23.2 Å². The van der Waals surface area contributed by atoms with Gasteiger partial charge >= 0.3 is 0 Å². The van der Waals surface area contributed by atoms with Crippen LogP contribution in [-0.4, -0.2) is 39.2 Å². The number of ether oxygens (including phenoxy) is 1. The van der Waals surface area contributed by atoms with Crippen molar-refractivity contribution in [2.24, 2.45) is 5.41 Å². The van der Waals surface area contributed by atoms with E-state index in [0.717, 1.165) is 43.9 Å². The zero-order chi connectivity index (χ0) is 16.7. The predicted molar refractivity (Wildman–Crippen MR) is 109 cm³/mol. The van der Waals surface area contributed by atoms with E-state index in [-0.39, 0.29) is 36.1 Å². The molecule has 8 heteroatoms. The van der Waals surface area contributed by atoms with Gasteiger partial charge in [0.1, 0.15) is 5.75 Å². The number of hydrogen-bond acceptors (Lipinski definition) is 4. The highest BCUT2D eigenvalue weighted by Crippen LogP contribution is 2.28. The van der Waals surface area contributed by atoms with Crippen molar-refractivity contribution >= 4 is 48.0 Å². The number of hydrogen-bond donors (Lipinski definition) is 3. The molecule has 1 saturated heterocycles. The van der Waals surface area contributed by atoms with Crippen molar-refractivity contribution in [2.75, 3.05) is 38.6 Å². The molecule has 5 nitrogen and oxygen atoms in total. The van der Waals surface area contributed by atoms with E-state index in [0.29, 0.717) is 18.0 Å². The molecule has 1 aromatic carbocycles. The van der Waals surface area contributed by atoms with E-state index >= 15 is 0 Å². The number of benzene rings is 1. The molecule has 1 aromatic rings.